The maximum Gasteiger partial charge on any atom is 0.188 e. The zero-order valence-electron chi connectivity index (χ0n) is 9.11. The van der Waals surface area contributed by atoms with E-state index in [1.54, 1.807) is 0 Å². The van der Waals surface area contributed by atoms with Crippen molar-refractivity contribution in [3.63, 3.8) is 0 Å². The van der Waals surface area contributed by atoms with Gasteiger partial charge in [-0.15, -0.1) is 0 Å². The minimum absolute atomic E-state index is 0.201. The van der Waals surface area contributed by atoms with Gasteiger partial charge in [-0.25, -0.2) is 0 Å². The van der Waals surface area contributed by atoms with Crippen LogP contribution in [0.2, 0.25) is 0 Å². The summed E-state index contributed by atoms with van der Waals surface area (Å²) in [5, 5.41) is 7.34. The van der Waals surface area contributed by atoms with E-state index in [0.717, 1.165) is 39.3 Å². The lowest BCUT2D eigenvalue weighted by atomic mass is 10.2. The van der Waals surface area contributed by atoms with Gasteiger partial charge in [0.25, 0.3) is 0 Å². The summed E-state index contributed by atoms with van der Waals surface area (Å²) in [5.41, 5.74) is 5.44. The molecule has 2 rings (SSSR count). The van der Waals surface area contributed by atoms with Crippen molar-refractivity contribution in [3.8, 4) is 0 Å². The zero-order valence-corrected chi connectivity index (χ0v) is 9.11. The standard InChI is InChI=1S/C10H20N4O/c11-10(12)14-5-3-13(4-6-14)8-9-2-1-7-15-9/h9H,1-8H2,(H3,11,12)/t9-/m1/s1. The third kappa shape index (κ3) is 2.82. The zero-order chi connectivity index (χ0) is 10.7. The highest BCUT2D eigenvalue weighted by molar-refractivity contribution is 5.74. The molecule has 3 N–H and O–H groups in total. The monoisotopic (exact) mass is 212 g/mol. The maximum absolute atomic E-state index is 7.34. The first kappa shape index (κ1) is 10.7. The Balaban J connectivity index is 1.71. The number of nitrogens with one attached hydrogen (secondary N) is 1. The van der Waals surface area contributed by atoms with Crippen LogP contribution in [0.5, 0.6) is 0 Å². The van der Waals surface area contributed by atoms with Crippen LogP contribution < -0.4 is 5.73 Å². The number of piperazine rings is 1. The molecule has 0 saturated carbocycles. The predicted molar refractivity (Wildman–Crippen MR) is 58.9 cm³/mol. The molecule has 0 spiro atoms. The van der Waals surface area contributed by atoms with E-state index in [-0.39, 0.29) is 5.96 Å². The van der Waals surface area contributed by atoms with Crippen molar-refractivity contribution in [1.29, 1.82) is 5.41 Å². The van der Waals surface area contributed by atoms with Gasteiger partial charge in [0.2, 0.25) is 0 Å². The highest BCUT2D eigenvalue weighted by atomic mass is 16.5. The molecule has 86 valence electrons. The van der Waals surface area contributed by atoms with Gasteiger partial charge in [0.1, 0.15) is 0 Å². The molecule has 2 aliphatic rings. The number of guanidine groups is 1. The summed E-state index contributed by atoms with van der Waals surface area (Å²) in [6.07, 6.45) is 2.85. The summed E-state index contributed by atoms with van der Waals surface area (Å²) >= 11 is 0. The Morgan fingerprint density at radius 3 is 2.60 bits per heavy atom. The van der Waals surface area contributed by atoms with E-state index in [2.05, 4.69) is 4.90 Å². The quantitative estimate of drug-likeness (QED) is 0.486. The summed E-state index contributed by atoms with van der Waals surface area (Å²) in [6.45, 7) is 5.73. The fraction of sp³-hybridized carbons (Fsp3) is 0.900. The van der Waals surface area contributed by atoms with Gasteiger partial charge in [0.15, 0.2) is 5.96 Å². The first-order valence-corrected chi connectivity index (χ1v) is 5.68. The van der Waals surface area contributed by atoms with Crippen LogP contribution >= 0.6 is 0 Å². The van der Waals surface area contributed by atoms with Gasteiger partial charge in [0.05, 0.1) is 6.10 Å². The van der Waals surface area contributed by atoms with Crippen molar-refractivity contribution in [1.82, 2.24) is 9.80 Å². The van der Waals surface area contributed by atoms with Crippen molar-refractivity contribution in [2.45, 2.75) is 18.9 Å². The van der Waals surface area contributed by atoms with Crippen LogP contribution in [-0.2, 0) is 4.74 Å². The van der Waals surface area contributed by atoms with E-state index in [9.17, 15) is 0 Å². The third-order valence-electron chi connectivity index (χ3n) is 3.20. The van der Waals surface area contributed by atoms with Gasteiger partial charge in [-0.05, 0) is 12.8 Å². The van der Waals surface area contributed by atoms with Gasteiger partial charge >= 0.3 is 0 Å². The Labute approximate surface area is 90.7 Å². The van der Waals surface area contributed by atoms with E-state index in [0.29, 0.717) is 6.10 Å². The highest BCUT2D eigenvalue weighted by Gasteiger charge is 2.22. The number of rotatable bonds is 2. The van der Waals surface area contributed by atoms with E-state index >= 15 is 0 Å². The van der Waals surface area contributed by atoms with Gasteiger partial charge in [-0.2, -0.15) is 0 Å². The maximum atomic E-state index is 7.34. The second-order valence-electron chi connectivity index (χ2n) is 4.31. The molecular weight excluding hydrogens is 192 g/mol. The molecule has 0 amide bonds. The molecule has 0 bridgehead atoms. The largest absolute Gasteiger partial charge is 0.377 e. The molecule has 0 unspecified atom stereocenters. The second kappa shape index (κ2) is 4.81. The van der Waals surface area contributed by atoms with Crippen LogP contribution in [0.4, 0.5) is 0 Å². The Kier molecular flexibility index (Phi) is 3.43. The molecular formula is C10H20N4O. The van der Waals surface area contributed by atoms with Crippen LogP contribution in [-0.4, -0.2) is 61.2 Å². The van der Waals surface area contributed by atoms with E-state index in [1.807, 2.05) is 4.90 Å². The van der Waals surface area contributed by atoms with Gasteiger partial charge in [0, 0.05) is 39.3 Å². The topological polar surface area (TPSA) is 65.6 Å². The van der Waals surface area contributed by atoms with Gasteiger partial charge in [-0.3, -0.25) is 10.3 Å². The lowest BCUT2D eigenvalue weighted by Crippen LogP contribution is -2.52. The minimum Gasteiger partial charge on any atom is -0.377 e. The van der Waals surface area contributed by atoms with Crippen molar-refractivity contribution < 1.29 is 4.74 Å². The predicted octanol–water partition coefficient (Wildman–Crippen LogP) is -0.324. The fourth-order valence-electron chi connectivity index (χ4n) is 2.25. The lowest BCUT2D eigenvalue weighted by molar-refractivity contribution is 0.0601. The van der Waals surface area contributed by atoms with E-state index in [4.69, 9.17) is 15.9 Å². The van der Waals surface area contributed by atoms with Crippen molar-refractivity contribution in [2.75, 3.05) is 39.3 Å². The lowest BCUT2D eigenvalue weighted by Gasteiger charge is -2.35. The third-order valence-corrected chi connectivity index (χ3v) is 3.20. The van der Waals surface area contributed by atoms with Gasteiger partial charge < -0.3 is 15.4 Å². The number of nitrogens with two attached hydrogens (primary N) is 1. The molecule has 0 aliphatic carbocycles. The molecule has 2 fully saturated rings. The summed E-state index contributed by atoms with van der Waals surface area (Å²) in [5.74, 6) is 0.201. The van der Waals surface area contributed by atoms with Crippen molar-refractivity contribution in [2.24, 2.45) is 5.73 Å². The Bertz CT molecular complexity index is 219. The Hall–Kier alpha value is -0.810. The Morgan fingerprint density at radius 1 is 1.33 bits per heavy atom. The minimum atomic E-state index is 0.201. The molecule has 15 heavy (non-hydrogen) atoms. The van der Waals surface area contributed by atoms with Crippen LogP contribution in [0.25, 0.3) is 0 Å². The summed E-state index contributed by atoms with van der Waals surface area (Å²) in [4.78, 5) is 4.33. The molecule has 0 aromatic carbocycles. The molecule has 0 aromatic heterocycles. The van der Waals surface area contributed by atoms with E-state index < -0.39 is 0 Å². The van der Waals surface area contributed by atoms with Crippen LogP contribution in [0, 0.1) is 5.41 Å². The number of hydrogen-bond acceptors (Lipinski definition) is 3. The molecule has 2 saturated heterocycles. The smallest absolute Gasteiger partial charge is 0.188 e. The molecule has 0 aromatic rings. The normalized spacial score (nSPS) is 28.3. The molecule has 5 heteroatoms. The van der Waals surface area contributed by atoms with Gasteiger partial charge in [-0.1, -0.05) is 0 Å². The summed E-state index contributed by atoms with van der Waals surface area (Å²) in [7, 11) is 0. The van der Waals surface area contributed by atoms with E-state index in [1.165, 1.54) is 12.8 Å². The number of nitrogens with zero attached hydrogens (tertiary/aromatic N) is 2. The number of hydrogen-bond donors (Lipinski definition) is 2. The van der Waals surface area contributed by atoms with Crippen molar-refractivity contribution >= 4 is 5.96 Å². The SMILES string of the molecule is N=C(N)N1CCN(C[C@H]2CCCO2)CC1. The number of ether oxygens (including phenoxy) is 1. The van der Waals surface area contributed by atoms with Crippen LogP contribution in [0.3, 0.4) is 0 Å². The molecule has 1 atom stereocenters. The average molecular weight is 212 g/mol. The average Bonchev–Trinajstić information content (AvgIpc) is 2.71. The summed E-state index contributed by atoms with van der Waals surface area (Å²) < 4.78 is 5.61. The van der Waals surface area contributed by atoms with Crippen LogP contribution in [0.1, 0.15) is 12.8 Å². The molecule has 2 aliphatic heterocycles. The summed E-state index contributed by atoms with van der Waals surface area (Å²) in [6, 6.07) is 0. The molecule has 0 radical (unpaired) electrons. The highest BCUT2D eigenvalue weighted by Crippen LogP contribution is 2.14. The Morgan fingerprint density at radius 2 is 2.07 bits per heavy atom. The fourth-order valence-corrected chi connectivity index (χ4v) is 2.25. The first-order chi connectivity index (χ1) is 7.25. The van der Waals surface area contributed by atoms with Crippen molar-refractivity contribution in [3.05, 3.63) is 0 Å². The molecule has 2 heterocycles. The molecule has 5 nitrogen and oxygen atoms in total. The first-order valence-electron chi connectivity index (χ1n) is 5.68. The van der Waals surface area contributed by atoms with Crippen LogP contribution in [0.15, 0.2) is 0 Å². The second-order valence-corrected chi connectivity index (χ2v) is 4.31.